The molecule has 4 aromatic rings. The van der Waals surface area contributed by atoms with Gasteiger partial charge in [-0.3, -0.25) is 9.36 Å². The summed E-state index contributed by atoms with van der Waals surface area (Å²) in [6.45, 7) is 9.11. The van der Waals surface area contributed by atoms with Gasteiger partial charge in [0.15, 0.2) is 5.65 Å². The van der Waals surface area contributed by atoms with Gasteiger partial charge in [0.2, 0.25) is 0 Å². The van der Waals surface area contributed by atoms with Gasteiger partial charge in [0.05, 0.1) is 18.3 Å². The van der Waals surface area contributed by atoms with Crippen molar-refractivity contribution >= 4 is 23.2 Å². The van der Waals surface area contributed by atoms with E-state index < -0.39 is 6.04 Å². The van der Waals surface area contributed by atoms with Crippen molar-refractivity contribution in [2.75, 3.05) is 13.1 Å². The molecule has 0 bridgehead atoms. The summed E-state index contributed by atoms with van der Waals surface area (Å²) in [7, 11) is 0. The highest BCUT2D eigenvalue weighted by molar-refractivity contribution is 6.34. The highest BCUT2D eigenvalue weighted by Gasteiger charge is 2.33. The quantitative estimate of drug-likeness (QED) is 0.295. The summed E-state index contributed by atoms with van der Waals surface area (Å²) in [5.41, 5.74) is 8.87. The fourth-order valence-electron chi connectivity index (χ4n) is 4.70. The Morgan fingerprint density at radius 2 is 1.74 bits per heavy atom. The third-order valence-corrected chi connectivity index (χ3v) is 7.14. The van der Waals surface area contributed by atoms with Crippen LogP contribution in [-0.4, -0.2) is 43.1 Å². The summed E-state index contributed by atoms with van der Waals surface area (Å²) in [6.07, 6.45) is 1.51. The average molecular weight is 535 g/mol. The number of aryl methyl sites for hydroxylation is 2. The maximum Gasteiger partial charge on any atom is 0.352 e. The van der Waals surface area contributed by atoms with E-state index in [0.29, 0.717) is 40.8 Å². The molecule has 9 heteroatoms. The van der Waals surface area contributed by atoms with Crippen LogP contribution in [-0.2, 0) is 6.54 Å². The summed E-state index contributed by atoms with van der Waals surface area (Å²) >= 11 is 6.55. The molecular weight excluding hydrogens is 500 g/mol. The molecule has 0 aliphatic carbocycles. The number of amides is 1. The van der Waals surface area contributed by atoms with Gasteiger partial charge in [0.1, 0.15) is 10.8 Å². The number of carbonyl (C=O) groups is 1. The average Bonchev–Trinajstić information content (AvgIpc) is 3.19. The van der Waals surface area contributed by atoms with Gasteiger partial charge in [0.25, 0.3) is 5.91 Å². The number of benzene rings is 2. The van der Waals surface area contributed by atoms with E-state index in [1.807, 2.05) is 80.3 Å². The van der Waals surface area contributed by atoms with Crippen molar-refractivity contribution in [1.82, 2.24) is 24.1 Å². The number of hydrogen-bond donors (Lipinski definition) is 1. The van der Waals surface area contributed by atoms with Crippen LogP contribution in [0.5, 0.6) is 0 Å². The fourth-order valence-corrected chi connectivity index (χ4v) is 4.86. The van der Waals surface area contributed by atoms with Crippen LogP contribution >= 0.6 is 11.6 Å². The van der Waals surface area contributed by atoms with Crippen molar-refractivity contribution < 1.29 is 4.79 Å². The van der Waals surface area contributed by atoms with Gasteiger partial charge in [-0.1, -0.05) is 73.5 Å². The maximum absolute atomic E-state index is 14.0. The number of nitrogens with two attached hydrogens (primary N) is 1. The first-order valence-corrected chi connectivity index (χ1v) is 13.4. The zero-order chi connectivity index (χ0) is 27.4. The minimum atomic E-state index is -0.491. The van der Waals surface area contributed by atoms with E-state index in [0.717, 1.165) is 24.0 Å². The van der Waals surface area contributed by atoms with Crippen LogP contribution < -0.4 is 11.4 Å². The van der Waals surface area contributed by atoms with Crippen LogP contribution in [0.2, 0.25) is 5.02 Å². The number of rotatable bonds is 10. The third kappa shape index (κ3) is 5.66. The maximum atomic E-state index is 14.0. The second-order valence-corrected chi connectivity index (χ2v) is 10.4. The highest BCUT2D eigenvalue weighted by atomic mass is 35.5. The molecule has 0 saturated heterocycles. The van der Waals surface area contributed by atoms with Gasteiger partial charge in [-0.25, -0.2) is 9.78 Å². The second-order valence-electron chi connectivity index (χ2n) is 10.0. The summed E-state index contributed by atoms with van der Waals surface area (Å²) in [5.74, 6) is 0.315. The van der Waals surface area contributed by atoms with Gasteiger partial charge in [0, 0.05) is 12.1 Å². The van der Waals surface area contributed by atoms with E-state index in [-0.39, 0.29) is 24.1 Å². The third-order valence-electron chi connectivity index (χ3n) is 6.70. The first kappa shape index (κ1) is 27.5. The van der Waals surface area contributed by atoms with Gasteiger partial charge in [-0.15, -0.1) is 0 Å². The van der Waals surface area contributed by atoms with Crippen molar-refractivity contribution in [2.45, 2.75) is 53.1 Å². The van der Waals surface area contributed by atoms with Gasteiger partial charge in [-0.2, -0.15) is 9.61 Å². The first-order chi connectivity index (χ1) is 18.2. The van der Waals surface area contributed by atoms with E-state index >= 15 is 0 Å². The second kappa shape index (κ2) is 11.9. The Hall–Kier alpha value is -3.49. The molecule has 0 unspecified atom stereocenters. The molecule has 0 aliphatic rings. The number of carbonyl (C=O) groups excluding carboxylic acids is 1. The lowest BCUT2D eigenvalue weighted by molar-refractivity contribution is 0.0599. The normalized spacial score (nSPS) is 12.3. The molecule has 2 heterocycles. The fraction of sp³-hybridized carbons (Fsp3) is 0.379. The van der Waals surface area contributed by atoms with Crippen molar-refractivity contribution in [3.63, 3.8) is 0 Å². The number of aromatic nitrogens is 4. The van der Waals surface area contributed by atoms with E-state index in [4.69, 9.17) is 22.3 Å². The van der Waals surface area contributed by atoms with Crippen LogP contribution in [0.25, 0.3) is 5.65 Å². The molecule has 8 nitrogen and oxygen atoms in total. The summed E-state index contributed by atoms with van der Waals surface area (Å²) in [4.78, 5) is 34.6. The lowest BCUT2D eigenvalue weighted by atomic mass is 9.99. The molecule has 38 heavy (non-hydrogen) atoms. The number of nitrogens with zero attached hydrogens (tertiary/aromatic N) is 5. The molecule has 2 aromatic carbocycles. The Balaban J connectivity index is 1.93. The SMILES string of the molecule is Cc1ccc(C(=O)N(CCCCN)[C@@H](c2nc3c(Cl)c(C)nn3c(=O)n2Cc2ccccc2)C(C)C)cc1. The Morgan fingerprint density at radius 3 is 2.37 bits per heavy atom. The van der Waals surface area contributed by atoms with Crippen molar-refractivity contribution in [2.24, 2.45) is 11.7 Å². The molecule has 4 rings (SSSR count). The van der Waals surface area contributed by atoms with Crippen LogP contribution in [0.1, 0.15) is 65.7 Å². The Labute approximate surface area is 228 Å². The number of fused-ring (bicyclic) bond motifs is 1. The zero-order valence-corrected chi connectivity index (χ0v) is 23.2. The van der Waals surface area contributed by atoms with Gasteiger partial charge < -0.3 is 10.6 Å². The predicted molar refractivity (Wildman–Crippen MR) is 151 cm³/mol. The number of hydrogen-bond acceptors (Lipinski definition) is 5. The molecule has 0 saturated carbocycles. The predicted octanol–water partition coefficient (Wildman–Crippen LogP) is 4.79. The summed E-state index contributed by atoms with van der Waals surface area (Å²) < 4.78 is 2.87. The standard InChI is InChI=1S/C29H35ClN6O2/c1-19(2)25(34(17-9-8-16-31)28(37)23-14-12-20(3)13-15-23)27-32-26-24(30)21(4)33-36(26)29(38)35(27)18-22-10-6-5-7-11-22/h5-7,10-15,19,25H,8-9,16-18,31H2,1-4H3/t25-/m1/s1. The molecule has 1 amide bonds. The minimum absolute atomic E-state index is 0.0542. The Morgan fingerprint density at radius 1 is 1.05 bits per heavy atom. The molecule has 0 aliphatic heterocycles. The van der Waals surface area contributed by atoms with Gasteiger partial charge >= 0.3 is 5.69 Å². The minimum Gasteiger partial charge on any atom is -0.330 e. The largest absolute Gasteiger partial charge is 0.352 e. The van der Waals surface area contributed by atoms with E-state index in [1.54, 1.807) is 11.5 Å². The van der Waals surface area contributed by atoms with Crippen LogP contribution in [0.3, 0.4) is 0 Å². The first-order valence-electron chi connectivity index (χ1n) is 13.0. The smallest absolute Gasteiger partial charge is 0.330 e. The highest BCUT2D eigenvalue weighted by Crippen LogP contribution is 2.31. The zero-order valence-electron chi connectivity index (χ0n) is 22.4. The van der Waals surface area contributed by atoms with Crippen LogP contribution in [0.4, 0.5) is 0 Å². The Bertz CT molecular complexity index is 1460. The molecule has 2 N–H and O–H groups in total. The summed E-state index contributed by atoms with van der Waals surface area (Å²) in [5, 5.41) is 4.68. The van der Waals surface area contributed by atoms with Crippen LogP contribution in [0, 0.1) is 19.8 Å². The molecule has 0 fully saturated rings. The van der Waals surface area contributed by atoms with Gasteiger partial charge in [-0.05, 0) is 56.8 Å². The molecular formula is C29H35ClN6O2. The van der Waals surface area contributed by atoms with E-state index in [2.05, 4.69) is 5.10 Å². The number of halogens is 1. The lowest BCUT2D eigenvalue weighted by Crippen LogP contribution is -2.43. The summed E-state index contributed by atoms with van der Waals surface area (Å²) in [6, 6.07) is 16.8. The monoisotopic (exact) mass is 534 g/mol. The van der Waals surface area contributed by atoms with E-state index in [1.165, 1.54) is 4.52 Å². The van der Waals surface area contributed by atoms with Crippen LogP contribution in [0.15, 0.2) is 59.4 Å². The van der Waals surface area contributed by atoms with Crippen molar-refractivity contribution in [1.29, 1.82) is 0 Å². The molecule has 1 atom stereocenters. The lowest BCUT2D eigenvalue weighted by Gasteiger charge is -2.35. The van der Waals surface area contributed by atoms with Crippen molar-refractivity contribution in [3.8, 4) is 0 Å². The number of unbranched alkanes of at least 4 members (excludes halogenated alkanes) is 1. The Kier molecular flexibility index (Phi) is 8.64. The molecule has 0 radical (unpaired) electrons. The molecule has 2 aromatic heterocycles. The van der Waals surface area contributed by atoms with Crippen molar-refractivity contribution in [3.05, 3.63) is 98.3 Å². The molecule has 0 spiro atoms. The molecule has 200 valence electrons. The van der Waals surface area contributed by atoms with E-state index in [9.17, 15) is 9.59 Å². The topological polar surface area (TPSA) is 98.5 Å².